The van der Waals surface area contributed by atoms with Gasteiger partial charge in [0.15, 0.2) is 0 Å². The van der Waals surface area contributed by atoms with Gasteiger partial charge in [-0.2, -0.15) is 4.31 Å². The molecule has 0 aromatic heterocycles. The minimum absolute atomic E-state index is 0.0112. The SMILES string of the molecule is CS(=O)(=O)N1Cc2ccc(N3CCN(CC4CCCCO4)C3=O)cc2C1. The van der Waals surface area contributed by atoms with Crippen LogP contribution in [0.4, 0.5) is 10.5 Å². The lowest BCUT2D eigenvalue weighted by Crippen LogP contribution is -2.39. The minimum Gasteiger partial charge on any atom is -0.376 e. The number of anilines is 1. The second-order valence-electron chi connectivity index (χ2n) is 7.35. The highest BCUT2D eigenvalue weighted by atomic mass is 32.2. The van der Waals surface area contributed by atoms with Gasteiger partial charge < -0.3 is 9.64 Å². The highest BCUT2D eigenvalue weighted by Gasteiger charge is 2.33. The molecule has 3 aliphatic heterocycles. The van der Waals surface area contributed by atoms with Gasteiger partial charge in [0.1, 0.15) is 0 Å². The second kappa shape index (κ2) is 6.83. The zero-order valence-electron chi connectivity index (χ0n) is 15.1. The lowest BCUT2D eigenvalue weighted by atomic mass is 10.1. The summed E-state index contributed by atoms with van der Waals surface area (Å²) in [6, 6.07) is 5.83. The molecule has 3 heterocycles. The van der Waals surface area contributed by atoms with E-state index in [1.807, 2.05) is 23.1 Å². The maximum Gasteiger partial charge on any atom is 0.324 e. The molecule has 0 N–H and O–H groups in total. The van der Waals surface area contributed by atoms with Crippen LogP contribution < -0.4 is 4.90 Å². The number of urea groups is 1. The highest BCUT2D eigenvalue weighted by molar-refractivity contribution is 7.88. The van der Waals surface area contributed by atoms with Gasteiger partial charge in [-0.25, -0.2) is 13.2 Å². The normalized spacial score (nSPS) is 24.3. The van der Waals surface area contributed by atoms with Gasteiger partial charge in [-0.15, -0.1) is 0 Å². The van der Waals surface area contributed by atoms with E-state index in [4.69, 9.17) is 4.74 Å². The summed E-state index contributed by atoms with van der Waals surface area (Å²) in [6.07, 6.45) is 4.67. The number of benzene rings is 1. The molecule has 4 rings (SSSR count). The van der Waals surface area contributed by atoms with Gasteiger partial charge in [-0.05, 0) is 42.5 Å². The van der Waals surface area contributed by atoms with Gasteiger partial charge in [0.25, 0.3) is 0 Å². The van der Waals surface area contributed by atoms with Crippen molar-refractivity contribution in [2.75, 3.05) is 37.4 Å². The Bertz CT molecular complexity index is 805. The van der Waals surface area contributed by atoms with E-state index in [0.29, 0.717) is 32.7 Å². The third-order valence-corrected chi connectivity index (χ3v) is 6.65. The van der Waals surface area contributed by atoms with Crippen LogP contribution in [-0.4, -0.2) is 62.3 Å². The van der Waals surface area contributed by atoms with Crippen molar-refractivity contribution in [2.45, 2.75) is 38.5 Å². The summed E-state index contributed by atoms with van der Waals surface area (Å²) in [5.74, 6) is 0. The molecule has 0 radical (unpaired) electrons. The molecule has 3 aliphatic rings. The molecule has 1 aromatic rings. The summed E-state index contributed by atoms with van der Waals surface area (Å²) in [5, 5.41) is 0. The van der Waals surface area contributed by atoms with E-state index < -0.39 is 10.0 Å². The largest absolute Gasteiger partial charge is 0.376 e. The molecule has 0 spiro atoms. The van der Waals surface area contributed by atoms with Crippen molar-refractivity contribution in [3.8, 4) is 0 Å². The summed E-state index contributed by atoms with van der Waals surface area (Å²) in [6.45, 7) is 3.59. The fraction of sp³-hybridized carbons (Fsp3) is 0.611. The fourth-order valence-corrected chi connectivity index (χ4v) is 4.69. The molecule has 26 heavy (non-hydrogen) atoms. The van der Waals surface area contributed by atoms with Gasteiger partial charge in [-0.3, -0.25) is 4.90 Å². The van der Waals surface area contributed by atoms with Crippen LogP contribution >= 0.6 is 0 Å². The molecule has 7 nitrogen and oxygen atoms in total. The van der Waals surface area contributed by atoms with Crippen LogP contribution in [-0.2, 0) is 27.8 Å². The Balaban J connectivity index is 1.45. The molecule has 2 fully saturated rings. The first kappa shape index (κ1) is 17.8. The lowest BCUT2D eigenvalue weighted by Gasteiger charge is -2.27. The third-order valence-electron chi connectivity index (χ3n) is 5.46. The van der Waals surface area contributed by atoms with E-state index in [9.17, 15) is 13.2 Å². The summed E-state index contributed by atoms with van der Waals surface area (Å²) < 4.78 is 30.8. The molecule has 0 saturated carbocycles. The quantitative estimate of drug-likeness (QED) is 0.800. The van der Waals surface area contributed by atoms with E-state index in [-0.39, 0.29) is 12.1 Å². The smallest absolute Gasteiger partial charge is 0.324 e. The van der Waals surface area contributed by atoms with Gasteiger partial charge in [-0.1, -0.05) is 6.07 Å². The van der Waals surface area contributed by atoms with Crippen molar-refractivity contribution in [1.29, 1.82) is 0 Å². The number of fused-ring (bicyclic) bond motifs is 1. The zero-order chi connectivity index (χ0) is 18.3. The first-order valence-electron chi connectivity index (χ1n) is 9.17. The van der Waals surface area contributed by atoms with Crippen LogP contribution in [0.5, 0.6) is 0 Å². The number of ether oxygens (including phenoxy) is 1. The molecule has 2 amide bonds. The van der Waals surface area contributed by atoms with Crippen LogP contribution in [0.2, 0.25) is 0 Å². The van der Waals surface area contributed by atoms with E-state index >= 15 is 0 Å². The Labute approximate surface area is 154 Å². The first-order valence-corrected chi connectivity index (χ1v) is 11.0. The Morgan fingerprint density at radius 3 is 2.69 bits per heavy atom. The maximum absolute atomic E-state index is 12.8. The number of carbonyl (C=O) groups is 1. The summed E-state index contributed by atoms with van der Waals surface area (Å²) in [4.78, 5) is 16.4. The predicted molar refractivity (Wildman–Crippen MR) is 98.4 cm³/mol. The molecule has 1 atom stereocenters. The Hall–Kier alpha value is -1.64. The van der Waals surface area contributed by atoms with Crippen LogP contribution in [0.15, 0.2) is 18.2 Å². The summed E-state index contributed by atoms with van der Waals surface area (Å²) >= 11 is 0. The molecule has 8 heteroatoms. The van der Waals surface area contributed by atoms with E-state index in [1.54, 1.807) is 4.90 Å². The molecular weight excluding hydrogens is 354 g/mol. The number of nitrogens with zero attached hydrogens (tertiary/aromatic N) is 3. The average molecular weight is 379 g/mol. The van der Waals surface area contributed by atoms with Gasteiger partial charge >= 0.3 is 6.03 Å². The topological polar surface area (TPSA) is 70.2 Å². The van der Waals surface area contributed by atoms with Gasteiger partial charge in [0.2, 0.25) is 10.0 Å². The Kier molecular flexibility index (Phi) is 4.66. The predicted octanol–water partition coefficient (Wildman–Crippen LogP) is 1.77. The van der Waals surface area contributed by atoms with Crippen molar-refractivity contribution in [3.63, 3.8) is 0 Å². The number of hydrogen-bond donors (Lipinski definition) is 0. The molecule has 1 unspecified atom stereocenters. The molecule has 2 saturated heterocycles. The first-order chi connectivity index (χ1) is 12.4. The standard InChI is InChI=1S/C18H25N3O4S/c1-26(23,24)20-11-14-5-6-16(10-15(14)12-20)21-8-7-19(18(21)22)13-17-4-2-3-9-25-17/h5-6,10,17H,2-4,7-9,11-13H2,1H3. The number of carbonyl (C=O) groups excluding carboxylic acids is 1. The summed E-state index contributed by atoms with van der Waals surface area (Å²) in [5.41, 5.74) is 2.84. The average Bonchev–Trinajstić information content (AvgIpc) is 3.19. The number of sulfonamides is 1. The molecule has 0 bridgehead atoms. The van der Waals surface area contributed by atoms with Crippen LogP contribution in [0.3, 0.4) is 0 Å². The Morgan fingerprint density at radius 1 is 1.15 bits per heavy atom. The molecule has 1 aromatic carbocycles. The Morgan fingerprint density at radius 2 is 1.96 bits per heavy atom. The summed E-state index contributed by atoms with van der Waals surface area (Å²) in [7, 11) is -3.21. The lowest BCUT2D eigenvalue weighted by molar-refractivity contribution is 0.00338. The fourth-order valence-electron chi connectivity index (χ4n) is 3.94. The van der Waals surface area contributed by atoms with Crippen molar-refractivity contribution in [1.82, 2.24) is 9.21 Å². The van der Waals surface area contributed by atoms with Crippen molar-refractivity contribution in [3.05, 3.63) is 29.3 Å². The van der Waals surface area contributed by atoms with Crippen molar-refractivity contribution < 1.29 is 17.9 Å². The van der Waals surface area contributed by atoms with E-state index in [1.165, 1.54) is 10.6 Å². The molecule has 142 valence electrons. The van der Waals surface area contributed by atoms with E-state index in [0.717, 1.165) is 42.7 Å². The second-order valence-corrected chi connectivity index (χ2v) is 9.34. The molecular formula is C18H25N3O4S. The van der Waals surface area contributed by atoms with Crippen LogP contribution in [0, 0.1) is 0 Å². The van der Waals surface area contributed by atoms with Crippen molar-refractivity contribution >= 4 is 21.7 Å². The molecule has 0 aliphatic carbocycles. The zero-order valence-corrected chi connectivity index (χ0v) is 15.9. The van der Waals surface area contributed by atoms with Gasteiger partial charge in [0.05, 0.1) is 12.4 Å². The van der Waals surface area contributed by atoms with Gasteiger partial charge in [0, 0.05) is 45.0 Å². The maximum atomic E-state index is 12.8. The van der Waals surface area contributed by atoms with Crippen LogP contribution in [0.25, 0.3) is 0 Å². The number of amides is 2. The monoisotopic (exact) mass is 379 g/mol. The van der Waals surface area contributed by atoms with Crippen LogP contribution in [0.1, 0.15) is 30.4 Å². The third kappa shape index (κ3) is 3.45. The van der Waals surface area contributed by atoms with E-state index in [2.05, 4.69) is 0 Å². The number of rotatable bonds is 4. The highest BCUT2D eigenvalue weighted by Crippen LogP contribution is 2.30. The number of hydrogen-bond acceptors (Lipinski definition) is 4. The van der Waals surface area contributed by atoms with Crippen molar-refractivity contribution in [2.24, 2.45) is 0 Å². The minimum atomic E-state index is -3.21.